The molecule has 2 aromatic rings. The maximum Gasteiger partial charge on any atom is 0.253 e. The summed E-state index contributed by atoms with van der Waals surface area (Å²) >= 11 is 0. The maximum atomic E-state index is 12.5. The Balaban J connectivity index is 1.81. The summed E-state index contributed by atoms with van der Waals surface area (Å²) in [5.41, 5.74) is 5.16. The minimum atomic E-state index is 0.0192. The van der Waals surface area contributed by atoms with Crippen molar-refractivity contribution in [2.45, 2.75) is 39.7 Å². The molecule has 0 saturated carbocycles. The van der Waals surface area contributed by atoms with Crippen molar-refractivity contribution in [2.75, 3.05) is 13.1 Å². The fourth-order valence-electron chi connectivity index (χ4n) is 3.40. The van der Waals surface area contributed by atoms with Crippen LogP contribution in [0.2, 0.25) is 0 Å². The SMILES string of the molecule is Cc1cccc(-n2c(C)cc(C(=O)NCC3CCCN3)c2C)c1. The molecule has 0 aliphatic carbocycles. The lowest BCUT2D eigenvalue weighted by molar-refractivity contribution is 0.0949. The summed E-state index contributed by atoms with van der Waals surface area (Å²) in [6, 6.07) is 10.8. The molecule has 122 valence electrons. The third kappa shape index (κ3) is 3.32. The zero-order valence-electron chi connectivity index (χ0n) is 14.1. The van der Waals surface area contributed by atoms with Crippen LogP contribution in [0.25, 0.3) is 5.69 Å². The summed E-state index contributed by atoms with van der Waals surface area (Å²) in [6.45, 7) is 7.90. The number of carbonyl (C=O) groups excluding carboxylic acids is 1. The quantitative estimate of drug-likeness (QED) is 0.912. The molecule has 23 heavy (non-hydrogen) atoms. The Morgan fingerprint density at radius 2 is 2.13 bits per heavy atom. The molecule has 3 rings (SSSR count). The molecule has 1 atom stereocenters. The van der Waals surface area contributed by atoms with E-state index in [0.717, 1.165) is 35.6 Å². The minimum Gasteiger partial charge on any atom is -0.350 e. The summed E-state index contributed by atoms with van der Waals surface area (Å²) in [7, 11) is 0. The monoisotopic (exact) mass is 311 g/mol. The molecule has 1 aromatic carbocycles. The van der Waals surface area contributed by atoms with Gasteiger partial charge in [-0.05, 0) is 63.9 Å². The van der Waals surface area contributed by atoms with Crippen LogP contribution in [0, 0.1) is 20.8 Å². The van der Waals surface area contributed by atoms with E-state index in [0.29, 0.717) is 12.6 Å². The third-order valence-corrected chi connectivity index (χ3v) is 4.61. The summed E-state index contributed by atoms with van der Waals surface area (Å²) in [5.74, 6) is 0.0192. The summed E-state index contributed by atoms with van der Waals surface area (Å²) in [6.07, 6.45) is 2.34. The average Bonchev–Trinajstić information content (AvgIpc) is 3.13. The number of aromatic nitrogens is 1. The van der Waals surface area contributed by atoms with Crippen LogP contribution >= 0.6 is 0 Å². The molecule has 4 nitrogen and oxygen atoms in total. The first-order chi connectivity index (χ1) is 11.1. The molecule has 1 aliphatic rings. The molecule has 2 N–H and O–H groups in total. The minimum absolute atomic E-state index is 0.0192. The van der Waals surface area contributed by atoms with Gasteiger partial charge >= 0.3 is 0 Å². The Hall–Kier alpha value is -2.07. The molecule has 1 saturated heterocycles. The van der Waals surface area contributed by atoms with E-state index < -0.39 is 0 Å². The first-order valence-electron chi connectivity index (χ1n) is 8.34. The Kier molecular flexibility index (Phi) is 4.53. The lowest BCUT2D eigenvalue weighted by atomic mass is 10.2. The highest BCUT2D eigenvalue weighted by molar-refractivity contribution is 5.96. The van der Waals surface area contributed by atoms with Crippen molar-refractivity contribution in [3.63, 3.8) is 0 Å². The van der Waals surface area contributed by atoms with E-state index in [9.17, 15) is 4.79 Å². The highest BCUT2D eigenvalue weighted by Gasteiger charge is 2.19. The van der Waals surface area contributed by atoms with E-state index in [1.807, 2.05) is 19.9 Å². The number of aryl methyl sites for hydroxylation is 2. The molecule has 1 aliphatic heterocycles. The summed E-state index contributed by atoms with van der Waals surface area (Å²) in [4.78, 5) is 12.5. The van der Waals surface area contributed by atoms with Crippen LogP contribution in [-0.2, 0) is 0 Å². The van der Waals surface area contributed by atoms with Gasteiger partial charge in [-0.3, -0.25) is 4.79 Å². The second-order valence-electron chi connectivity index (χ2n) is 6.46. The lowest BCUT2D eigenvalue weighted by Crippen LogP contribution is -2.37. The molecule has 0 radical (unpaired) electrons. The molecular weight excluding hydrogens is 286 g/mol. The molecular formula is C19H25N3O. The van der Waals surface area contributed by atoms with E-state index in [4.69, 9.17) is 0 Å². The Morgan fingerprint density at radius 1 is 1.30 bits per heavy atom. The van der Waals surface area contributed by atoms with Gasteiger partial charge in [0.25, 0.3) is 5.91 Å². The lowest BCUT2D eigenvalue weighted by Gasteiger charge is -2.12. The maximum absolute atomic E-state index is 12.5. The van der Waals surface area contributed by atoms with E-state index in [1.165, 1.54) is 12.0 Å². The molecule has 0 spiro atoms. The number of nitrogens with one attached hydrogen (secondary N) is 2. The topological polar surface area (TPSA) is 46.1 Å². The first-order valence-corrected chi connectivity index (χ1v) is 8.34. The number of rotatable bonds is 4. The highest BCUT2D eigenvalue weighted by Crippen LogP contribution is 2.21. The van der Waals surface area contributed by atoms with E-state index >= 15 is 0 Å². The van der Waals surface area contributed by atoms with Crippen LogP contribution < -0.4 is 10.6 Å². The van der Waals surface area contributed by atoms with Crippen molar-refractivity contribution < 1.29 is 4.79 Å². The van der Waals surface area contributed by atoms with Gasteiger partial charge < -0.3 is 15.2 Å². The first kappa shape index (κ1) is 15.8. The van der Waals surface area contributed by atoms with Gasteiger partial charge in [0.15, 0.2) is 0 Å². The van der Waals surface area contributed by atoms with Gasteiger partial charge in [0, 0.05) is 29.7 Å². The number of hydrogen-bond donors (Lipinski definition) is 2. The van der Waals surface area contributed by atoms with Crippen LogP contribution in [-0.4, -0.2) is 29.6 Å². The smallest absolute Gasteiger partial charge is 0.253 e. The van der Waals surface area contributed by atoms with Crippen molar-refractivity contribution >= 4 is 5.91 Å². The van der Waals surface area contributed by atoms with Crippen LogP contribution in [0.5, 0.6) is 0 Å². The molecule has 4 heteroatoms. The number of benzene rings is 1. The number of nitrogens with zero attached hydrogens (tertiary/aromatic N) is 1. The zero-order valence-corrected chi connectivity index (χ0v) is 14.1. The van der Waals surface area contributed by atoms with Crippen LogP contribution in [0.4, 0.5) is 0 Å². The standard InChI is InChI=1S/C19H25N3O/c1-13-6-4-8-17(10-13)22-14(2)11-18(15(22)3)19(23)21-12-16-7-5-9-20-16/h4,6,8,10-11,16,20H,5,7,9,12H2,1-3H3,(H,21,23). The van der Waals surface area contributed by atoms with Gasteiger partial charge in [-0.1, -0.05) is 12.1 Å². The number of carbonyl (C=O) groups is 1. The van der Waals surface area contributed by atoms with Gasteiger partial charge in [-0.15, -0.1) is 0 Å². The Bertz CT molecular complexity index is 711. The molecule has 1 amide bonds. The van der Waals surface area contributed by atoms with Gasteiger partial charge in [0.1, 0.15) is 0 Å². The van der Waals surface area contributed by atoms with Crippen molar-refractivity contribution in [2.24, 2.45) is 0 Å². The van der Waals surface area contributed by atoms with Crippen LogP contribution in [0.1, 0.15) is 40.2 Å². The summed E-state index contributed by atoms with van der Waals surface area (Å²) < 4.78 is 2.15. The van der Waals surface area contributed by atoms with Crippen molar-refractivity contribution in [3.8, 4) is 5.69 Å². The van der Waals surface area contributed by atoms with Crippen molar-refractivity contribution in [1.29, 1.82) is 0 Å². The fraction of sp³-hybridized carbons (Fsp3) is 0.421. The van der Waals surface area contributed by atoms with Gasteiger partial charge in [-0.2, -0.15) is 0 Å². The molecule has 2 heterocycles. The van der Waals surface area contributed by atoms with Crippen molar-refractivity contribution in [1.82, 2.24) is 15.2 Å². The third-order valence-electron chi connectivity index (χ3n) is 4.61. The Labute approximate surface area is 137 Å². The Morgan fingerprint density at radius 3 is 2.83 bits per heavy atom. The predicted molar refractivity (Wildman–Crippen MR) is 93.3 cm³/mol. The molecule has 1 fully saturated rings. The molecule has 1 unspecified atom stereocenters. The van der Waals surface area contributed by atoms with Crippen LogP contribution in [0.3, 0.4) is 0 Å². The van der Waals surface area contributed by atoms with E-state index in [1.54, 1.807) is 0 Å². The average molecular weight is 311 g/mol. The van der Waals surface area contributed by atoms with Gasteiger partial charge in [-0.25, -0.2) is 0 Å². The van der Waals surface area contributed by atoms with Crippen molar-refractivity contribution in [3.05, 3.63) is 52.8 Å². The normalized spacial score (nSPS) is 17.4. The zero-order chi connectivity index (χ0) is 16.4. The molecule has 1 aromatic heterocycles. The highest BCUT2D eigenvalue weighted by atomic mass is 16.1. The predicted octanol–water partition coefficient (Wildman–Crippen LogP) is 2.88. The number of amides is 1. The summed E-state index contributed by atoms with van der Waals surface area (Å²) in [5, 5.41) is 6.48. The van der Waals surface area contributed by atoms with E-state index in [-0.39, 0.29) is 5.91 Å². The van der Waals surface area contributed by atoms with Gasteiger partial charge in [0.05, 0.1) is 5.56 Å². The second-order valence-corrected chi connectivity index (χ2v) is 6.46. The fourth-order valence-corrected chi connectivity index (χ4v) is 3.40. The van der Waals surface area contributed by atoms with E-state index in [2.05, 4.69) is 46.4 Å². The van der Waals surface area contributed by atoms with Gasteiger partial charge in [0.2, 0.25) is 0 Å². The second kappa shape index (κ2) is 6.59. The largest absolute Gasteiger partial charge is 0.350 e. The van der Waals surface area contributed by atoms with Crippen LogP contribution in [0.15, 0.2) is 30.3 Å². The number of hydrogen-bond acceptors (Lipinski definition) is 2. The molecule has 0 bridgehead atoms.